The number of phenolic OH excluding ortho intramolecular Hbond substituents is 1. The van der Waals surface area contributed by atoms with Gasteiger partial charge < -0.3 is 29.2 Å². The van der Waals surface area contributed by atoms with Crippen molar-refractivity contribution >= 4 is 22.8 Å². The molecule has 2 rings (SSSR count). The maximum absolute atomic E-state index is 11.3. The van der Waals surface area contributed by atoms with Gasteiger partial charge in [0.05, 0.1) is 38.6 Å². The summed E-state index contributed by atoms with van der Waals surface area (Å²) >= 11 is 1.30. The molecule has 0 spiro atoms. The molecule has 8 nitrogen and oxygen atoms in total. The molecule has 150 valence electrons. The van der Waals surface area contributed by atoms with Crippen LogP contribution in [0.5, 0.6) is 11.5 Å². The topological polar surface area (TPSA) is 107 Å². The molecule has 0 radical (unpaired) electrons. The molecule has 1 heterocycles. The summed E-state index contributed by atoms with van der Waals surface area (Å²) < 4.78 is 21.1. The van der Waals surface area contributed by atoms with Crippen LogP contribution in [-0.4, -0.2) is 79.3 Å². The number of methoxy groups -OCH3 is 1. The van der Waals surface area contributed by atoms with Crippen LogP contribution in [0.3, 0.4) is 0 Å². The van der Waals surface area contributed by atoms with Crippen molar-refractivity contribution in [1.29, 1.82) is 0 Å². The second-order valence-corrected chi connectivity index (χ2v) is 6.97. The summed E-state index contributed by atoms with van der Waals surface area (Å²) in [6, 6.07) is 5.06. The van der Waals surface area contributed by atoms with E-state index in [4.69, 9.17) is 18.9 Å². The van der Waals surface area contributed by atoms with Gasteiger partial charge in [0, 0.05) is 12.9 Å². The van der Waals surface area contributed by atoms with Gasteiger partial charge >= 0.3 is 5.97 Å². The summed E-state index contributed by atoms with van der Waals surface area (Å²) in [5, 5.41) is 20.2. The van der Waals surface area contributed by atoms with Gasteiger partial charge in [-0.15, -0.1) is 11.8 Å². The van der Waals surface area contributed by atoms with Crippen molar-refractivity contribution in [2.24, 2.45) is 4.99 Å². The number of thioether (sulfide) groups is 1. The van der Waals surface area contributed by atoms with Crippen LogP contribution in [0.25, 0.3) is 0 Å². The number of hydrogen-bond acceptors (Lipinski definition) is 8. The fraction of sp³-hybridized carbons (Fsp3) is 0.556. The van der Waals surface area contributed by atoms with E-state index in [9.17, 15) is 15.0 Å². The zero-order valence-corrected chi connectivity index (χ0v) is 16.3. The second-order valence-electron chi connectivity index (χ2n) is 6.00. The summed E-state index contributed by atoms with van der Waals surface area (Å²) in [7, 11) is 1.62. The van der Waals surface area contributed by atoms with Crippen LogP contribution in [0, 0.1) is 0 Å². The molecule has 1 atom stereocenters. The third-order valence-corrected chi connectivity index (χ3v) is 5.11. The minimum Gasteiger partial charge on any atom is -0.504 e. The number of carbonyl (C=O) groups is 1. The summed E-state index contributed by atoms with van der Waals surface area (Å²) in [4.78, 5) is 15.6. The predicted octanol–water partition coefficient (Wildman–Crippen LogP) is 1.79. The van der Waals surface area contributed by atoms with Crippen molar-refractivity contribution in [2.45, 2.75) is 12.5 Å². The lowest BCUT2D eigenvalue weighted by Crippen LogP contribution is -2.33. The molecule has 1 aliphatic rings. The van der Waals surface area contributed by atoms with E-state index >= 15 is 0 Å². The maximum atomic E-state index is 11.3. The van der Waals surface area contributed by atoms with Gasteiger partial charge in [0.1, 0.15) is 11.7 Å². The lowest BCUT2D eigenvalue weighted by atomic mass is 10.1. The van der Waals surface area contributed by atoms with Crippen molar-refractivity contribution in [3.63, 3.8) is 0 Å². The number of phenols is 1. The number of aliphatic imine (C=N–C) groups is 1. The van der Waals surface area contributed by atoms with Gasteiger partial charge in [0.15, 0.2) is 17.0 Å². The monoisotopic (exact) mass is 399 g/mol. The molecule has 2 N–H and O–H groups in total. The van der Waals surface area contributed by atoms with Crippen LogP contribution in [0.1, 0.15) is 12.5 Å². The van der Waals surface area contributed by atoms with Crippen LogP contribution < -0.4 is 4.74 Å². The number of nitrogens with zero attached hydrogens (tertiary/aromatic N) is 1. The summed E-state index contributed by atoms with van der Waals surface area (Å²) in [6.45, 7) is 4.17. The van der Waals surface area contributed by atoms with Gasteiger partial charge in [-0.2, -0.15) is 0 Å². The zero-order chi connectivity index (χ0) is 19.7. The van der Waals surface area contributed by atoms with Crippen LogP contribution in [0.2, 0.25) is 0 Å². The van der Waals surface area contributed by atoms with Gasteiger partial charge in [-0.05, 0) is 19.1 Å². The fourth-order valence-corrected chi connectivity index (χ4v) is 3.42. The molecular formula is C18H25NO7S. The van der Waals surface area contributed by atoms with Gasteiger partial charge in [-0.25, -0.2) is 4.79 Å². The molecule has 1 aromatic rings. The second kappa shape index (κ2) is 10.5. The molecule has 0 amide bonds. The Hall–Kier alpha value is -1.81. The Labute approximate surface area is 162 Å². The zero-order valence-electron chi connectivity index (χ0n) is 15.5. The molecular weight excluding hydrogens is 374 g/mol. The standard InChI is InChI=1S/C18H25NO7S/c1-18(17(21)22)12-27-16(19-18)13-4-3-5-14(15(13)20)26-11-10-25-9-8-24-7-6-23-2/h3-5,20H,6-12H2,1-2H3,(H,21,22)/t18-/m1/s1. The average molecular weight is 399 g/mol. The molecule has 0 aliphatic carbocycles. The van der Waals surface area contributed by atoms with Gasteiger partial charge in [-0.1, -0.05) is 6.07 Å². The van der Waals surface area contributed by atoms with Gasteiger partial charge in [0.25, 0.3) is 0 Å². The highest BCUT2D eigenvalue weighted by Gasteiger charge is 2.39. The Morgan fingerprint density at radius 1 is 1.19 bits per heavy atom. The summed E-state index contributed by atoms with van der Waals surface area (Å²) in [5.74, 6) is -0.413. The molecule has 1 aliphatic heterocycles. The summed E-state index contributed by atoms with van der Waals surface area (Å²) in [6.07, 6.45) is 0. The van der Waals surface area contributed by atoms with Crippen molar-refractivity contribution in [3.8, 4) is 11.5 Å². The molecule has 0 saturated carbocycles. The largest absolute Gasteiger partial charge is 0.504 e. The quantitative estimate of drug-likeness (QED) is 0.512. The van der Waals surface area contributed by atoms with E-state index in [0.717, 1.165) is 0 Å². The van der Waals surface area contributed by atoms with Crippen LogP contribution in [0.15, 0.2) is 23.2 Å². The molecule has 0 saturated heterocycles. The normalized spacial score (nSPS) is 19.1. The number of aliphatic carboxylic acids is 1. The van der Waals surface area contributed by atoms with E-state index in [-0.39, 0.29) is 12.4 Å². The Kier molecular flexibility index (Phi) is 8.36. The van der Waals surface area contributed by atoms with Crippen LogP contribution in [0.4, 0.5) is 0 Å². The molecule has 0 unspecified atom stereocenters. The molecule has 0 aromatic heterocycles. The molecule has 0 fully saturated rings. The number of para-hydroxylation sites is 1. The van der Waals surface area contributed by atoms with E-state index in [1.807, 2.05) is 0 Å². The number of hydrogen-bond donors (Lipinski definition) is 2. The maximum Gasteiger partial charge on any atom is 0.332 e. The molecule has 1 aromatic carbocycles. The number of benzene rings is 1. The van der Waals surface area contributed by atoms with Crippen molar-refractivity contribution in [3.05, 3.63) is 23.8 Å². The Bertz CT molecular complexity index is 667. The minimum absolute atomic E-state index is 0.0544. The molecule has 9 heteroatoms. The molecule has 27 heavy (non-hydrogen) atoms. The Balaban J connectivity index is 1.83. The van der Waals surface area contributed by atoms with Crippen molar-refractivity contribution in [2.75, 3.05) is 52.5 Å². The van der Waals surface area contributed by atoms with E-state index < -0.39 is 11.5 Å². The van der Waals surface area contributed by atoms with Crippen LogP contribution >= 0.6 is 11.8 Å². The highest BCUT2D eigenvalue weighted by molar-refractivity contribution is 8.14. The number of aromatic hydroxyl groups is 1. The number of rotatable bonds is 12. The first-order valence-corrected chi connectivity index (χ1v) is 9.52. The highest BCUT2D eigenvalue weighted by Crippen LogP contribution is 2.37. The number of ether oxygens (including phenoxy) is 4. The number of carboxylic acid groups (broad SMARTS) is 1. The molecule has 0 bridgehead atoms. The average Bonchev–Trinajstić information content (AvgIpc) is 3.05. The third kappa shape index (κ3) is 6.10. The smallest absolute Gasteiger partial charge is 0.332 e. The van der Waals surface area contributed by atoms with E-state index in [0.29, 0.717) is 55.1 Å². The van der Waals surface area contributed by atoms with Crippen LogP contribution in [-0.2, 0) is 19.0 Å². The minimum atomic E-state index is -1.18. The Morgan fingerprint density at radius 3 is 2.48 bits per heavy atom. The first-order chi connectivity index (χ1) is 13.0. The fourth-order valence-electron chi connectivity index (χ4n) is 2.23. The summed E-state index contributed by atoms with van der Waals surface area (Å²) in [5.41, 5.74) is -0.711. The Morgan fingerprint density at radius 2 is 1.85 bits per heavy atom. The SMILES string of the molecule is COCCOCCOCCOc1cccc(C2=N[C@@](C)(C(=O)O)CS2)c1O. The first-order valence-electron chi connectivity index (χ1n) is 8.53. The van der Waals surface area contributed by atoms with E-state index in [1.165, 1.54) is 11.8 Å². The highest BCUT2D eigenvalue weighted by atomic mass is 32.2. The van der Waals surface area contributed by atoms with Gasteiger partial charge in [-0.3, -0.25) is 4.99 Å². The van der Waals surface area contributed by atoms with Crippen molar-refractivity contribution < 1.29 is 34.0 Å². The lowest BCUT2D eigenvalue weighted by molar-refractivity contribution is -0.141. The lowest BCUT2D eigenvalue weighted by Gasteiger charge is -2.12. The van der Waals surface area contributed by atoms with E-state index in [1.54, 1.807) is 32.2 Å². The first kappa shape index (κ1) is 21.5. The third-order valence-electron chi connectivity index (χ3n) is 3.82. The predicted molar refractivity (Wildman–Crippen MR) is 102 cm³/mol. The van der Waals surface area contributed by atoms with Gasteiger partial charge in [0.2, 0.25) is 0 Å². The van der Waals surface area contributed by atoms with E-state index in [2.05, 4.69) is 4.99 Å². The van der Waals surface area contributed by atoms with Crippen molar-refractivity contribution in [1.82, 2.24) is 0 Å². The number of carboxylic acids is 1.